The molecule has 7 nitrogen and oxygen atoms in total. The van der Waals surface area contributed by atoms with Crippen molar-refractivity contribution in [3.05, 3.63) is 35.4 Å². The minimum atomic E-state index is -0.0147. The maximum Gasteiger partial charge on any atom is 0.114 e. The van der Waals surface area contributed by atoms with Gasteiger partial charge in [0.25, 0.3) is 0 Å². The van der Waals surface area contributed by atoms with E-state index in [1.54, 1.807) is 0 Å². The van der Waals surface area contributed by atoms with E-state index in [1.165, 1.54) is 5.56 Å². The third-order valence-corrected chi connectivity index (χ3v) is 3.68. The molecule has 0 radical (unpaired) electrons. The number of aromatic amines is 1. The van der Waals surface area contributed by atoms with Gasteiger partial charge in [0.05, 0.1) is 18.5 Å². The fourth-order valence-electron chi connectivity index (χ4n) is 2.63. The highest BCUT2D eigenvalue weighted by Gasteiger charge is 2.24. The monoisotopic (exact) mass is 291 g/mol. The van der Waals surface area contributed by atoms with Crippen LogP contribution in [0.3, 0.4) is 0 Å². The Balaban J connectivity index is 1.61. The molecule has 0 bridgehead atoms. The van der Waals surface area contributed by atoms with Crippen LogP contribution in [-0.4, -0.2) is 56.3 Å². The lowest BCUT2D eigenvalue weighted by Gasteiger charge is -2.31. The van der Waals surface area contributed by atoms with Crippen molar-refractivity contribution in [1.82, 2.24) is 24.9 Å². The molecule has 1 aliphatic rings. The van der Waals surface area contributed by atoms with Gasteiger partial charge in [0, 0.05) is 57.2 Å². The lowest BCUT2D eigenvalue weighted by atomic mass is 10.1. The van der Waals surface area contributed by atoms with Crippen LogP contribution in [0.1, 0.15) is 23.1 Å². The van der Waals surface area contributed by atoms with E-state index in [1.807, 2.05) is 30.2 Å². The molecule has 1 saturated heterocycles. The fraction of sp³-hybridized carbons (Fsp3) is 0.571. The van der Waals surface area contributed by atoms with Crippen LogP contribution < -0.4 is 0 Å². The van der Waals surface area contributed by atoms with Crippen molar-refractivity contribution < 1.29 is 9.84 Å². The van der Waals surface area contributed by atoms with Crippen LogP contribution >= 0.6 is 0 Å². The van der Waals surface area contributed by atoms with Gasteiger partial charge in [-0.1, -0.05) is 0 Å². The Hall–Kier alpha value is -1.70. The van der Waals surface area contributed by atoms with E-state index >= 15 is 0 Å². The number of aliphatic hydroxyl groups excluding tert-OH is 1. The minimum Gasteiger partial charge on any atom is -0.396 e. The molecule has 114 valence electrons. The number of rotatable bonds is 5. The van der Waals surface area contributed by atoms with Crippen LogP contribution in [-0.2, 0) is 24.8 Å². The molecule has 0 saturated carbocycles. The summed E-state index contributed by atoms with van der Waals surface area (Å²) >= 11 is 0. The molecule has 2 aromatic heterocycles. The van der Waals surface area contributed by atoms with E-state index in [2.05, 4.69) is 20.2 Å². The predicted molar refractivity (Wildman–Crippen MR) is 76.6 cm³/mol. The largest absolute Gasteiger partial charge is 0.396 e. The normalized spacial score (nSPS) is 20.0. The topological polar surface area (TPSA) is 79.2 Å². The standard InChI is InChI=1S/C14H21N5O2/c1-18-8-11(7-15-18)9-19-3-5-21-14(10-19)13-6-12(2-4-20)16-17-13/h6-8,14,20H,2-5,9-10H2,1H3,(H,16,17). The summed E-state index contributed by atoms with van der Waals surface area (Å²) in [5, 5.41) is 20.4. The van der Waals surface area contributed by atoms with Gasteiger partial charge in [0.1, 0.15) is 6.10 Å². The fourth-order valence-corrected chi connectivity index (χ4v) is 2.63. The number of aromatic nitrogens is 4. The number of aryl methyl sites for hydroxylation is 1. The molecule has 0 aromatic carbocycles. The maximum absolute atomic E-state index is 8.95. The van der Waals surface area contributed by atoms with E-state index in [0.29, 0.717) is 13.0 Å². The van der Waals surface area contributed by atoms with Crippen LogP contribution in [0.15, 0.2) is 18.5 Å². The number of ether oxygens (including phenoxy) is 1. The third-order valence-electron chi connectivity index (χ3n) is 3.68. The quantitative estimate of drug-likeness (QED) is 0.825. The maximum atomic E-state index is 8.95. The van der Waals surface area contributed by atoms with Crippen LogP contribution in [0.25, 0.3) is 0 Å². The first-order valence-corrected chi connectivity index (χ1v) is 7.21. The van der Waals surface area contributed by atoms with Crippen molar-refractivity contribution in [3.63, 3.8) is 0 Å². The summed E-state index contributed by atoms with van der Waals surface area (Å²) in [4.78, 5) is 2.35. The molecule has 1 fully saturated rings. The molecule has 7 heteroatoms. The molecule has 3 rings (SSSR count). The Morgan fingerprint density at radius 2 is 2.43 bits per heavy atom. The van der Waals surface area contributed by atoms with E-state index < -0.39 is 0 Å². The number of nitrogens with zero attached hydrogens (tertiary/aromatic N) is 4. The van der Waals surface area contributed by atoms with Crippen molar-refractivity contribution in [1.29, 1.82) is 0 Å². The average molecular weight is 291 g/mol. The van der Waals surface area contributed by atoms with Crippen molar-refractivity contribution in [2.45, 2.75) is 19.1 Å². The van der Waals surface area contributed by atoms with Gasteiger partial charge in [-0.05, 0) is 6.07 Å². The second kappa shape index (κ2) is 6.38. The predicted octanol–water partition coefficient (Wildman–Crippen LogP) is 0.251. The molecular weight excluding hydrogens is 270 g/mol. The van der Waals surface area contributed by atoms with Crippen molar-refractivity contribution in [3.8, 4) is 0 Å². The number of morpholine rings is 1. The molecule has 3 heterocycles. The number of hydrogen-bond acceptors (Lipinski definition) is 5. The molecule has 1 atom stereocenters. The van der Waals surface area contributed by atoms with Crippen molar-refractivity contribution in [2.24, 2.45) is 7.05 Å². The highest BCUT2D eigenvalue weighted by atomic mass is 16.5. The van der Waals surface area contributed by atoms with Crippen LogP contribution in [0.4, 0.5) is 0 Å². The summed E-state index contributed by atoms with van der Waals surface area (Å²) < 4.78 is 7.64. The van der Waals surface area contributed by atoms with Gasteiger partial charge in [-0.2, -0.15) is 10.2 Å². The number of H-pyrrole nitrogens is 1. The summed E-state index contributed by atoms with van der Waals surface area (Å²) in [5.74, 6) is 0. The molecule has 0 aliphatic carbocycles. The van der Waals surface area contributed by atoms with Gasteiger partial charge in [-0.25, -0.2) is 0 Å². The SMILES string of the molecule is Cn1cc(CN2CCOC(c3cc(CCO)[nH]n3)C2)cn1. The highest BCUT2D eigenvalue weighted by Crippen LogP contribution is 2.22. The molecule has 0 amide bonds. The summed E-state index contributed by atoms with van der Waals surface area (Å²) in [5.41, 5.74) is 3.07. The van der Waals surface area contributed by atoms with Gasteiger partial charge in [0.2, 0.25) is 0 Å². The lowest BCUT2D eigenvalue weighted by molar-refractivity contribution is -0.0350. The molecule has 21 heavy (non-hydrogen) atoms. The van der Waals surface area contributed by atoms with E-state index in [9.17, 15) is 0 Å². The zero-order valence-corrected chi connectivity index (χ0v) is 12.2. The molecular formula is C14H21N5O2. The Bertz CT molecular complexity index is 579. The Labute approximate surface area is 123 Å². The Morgan fingerprint density at radius 3 is 3.19 bits per heavy atom. The molecule has 2 aromatic rings. The highest BCUT2D eigenvalue weighted by molar-refractivity contribution is 5.13. The molecule has 1 unspecified atom stereocenters. The second-order valence-corrected chi connectivity index (χ2v) is 5.41. The summed E-state index contributed by atoms with van der Waals surface area (Å²) in [6.07, 6.45) is 4.52. The smallest absolute Gasteiger partial charge is 0.114 e. The number of nitrogens with one attached hydrogen (secondary N) is 1. The minimum absolute atomic E-state index is 0.0147. The average Bonchev–Trinajstić information content (AvgIpc) is 3.09. The first kappa shape index (κ1) is 14.2. The first-order valence-electron chi connectivity index (χ1n) is 7.21. The van der Waals surface area contributed by atoms with Gasteiger partial charge < -0.3 is 9.84 Å². The van der Waals surface area contributed by atoms with Crippen LogP contribution in [0, 0.1) is 0 Å². The number of aliphatic hydroxyl groups is 1. The van der Waals surface area contributed by atoms with Crippen molar-refractivity contribution >= 4 is 0 Å². The number of hydrogen-bond donors (Lipinski definition) is 2. The van der Waals surface area contributed by atoms with Gasteiger partial charge in [-0.3, -0.25) is 14.7 Å². The molecule has 0 spiro atoms. The summed E-state index contributed by atoms with van der Waals surface area (Å²) in [6.45, 7) is 3.44. The first-order chi connectivity index (χ1) is 10.2. The van der Waals surface area contributed by atoms with Crippen molar-refractivity contribution in [2.75, 3.05) is 26.3 Å². The van der Waals surface area contributed by atoms with Gasteiger partial charge in [-0.15, -0.1) is 0 Å². The van der Waals surface area contributed by atoms with E-state index in [4.69, 9.17) is 9.84 Å². The zero-order valence-electron chi connectivity index (χ0n) is 12.2. The Morgan fingerprint density at radius 1 is 1.52 bits per heavy atom. The van der Waals surface area contributed by atoms with Crippen LogP contribution in [0.2, 0.25) is 0 Å². The lowest BCUT2D eigenvalue weighted by Crippen LogP contribution is -2.37. The van der Waals surface area contributed by atoms with E-state index in [0.717, 1.165) is 31.0 Å². The van der Waals surface area contributed by atoms with Crippen LogP contribution in [0.5, 0.6) is 0 Å². The molecule has 2 N–H and O–H groups in total. The third kappa shape index (κ3) is 3.49. The van der Waals surface area contributed by atoms with Gasteiger partial charge >= 0.3 is 0 Å². The van der Waals surface area contributed by atoms with Gasteiger partial charge in [0.15, 0.2) is 0 Å². The second-order valence-electron chi connectivity index (χ2n) is 5.41. The Kier molecular flexibility index (Phi) is 4.33. The zero-order chi connectivity index (χ0) is 14.7. The summed E-state index contributed by atoms with van der Waals surface area (Å²) in [7, 11) is 1.93. The van der Waals surface area contributed by atoms with E-state index in [-0.39, 0.29) is 12.7 Å². The summed E-state index contributed by atoms with van der Waals surface area (Å²) in [6, 6.07) is 1.98. The molecule has 1 aliphatic heterocycles.